The van der Waals surface area contributed by atoms with Crippen LogP contribution in [0.4, 0.5) is 0 Å². The number of benzene rings is 2. The number of amides is 2. The lowest BCUT2D eigenvalue weighted by molar-refractivity contribution is -0.220. The summed E-state index contributed by atoms with van der Waals surface area (Å²) >= 11 is 0. The molecule has 0 bridgehead atoms. The number of nitrogens with one attached hydrogen (secondary N) is 2. The summed E-state index contributed by atoms with van der Waals surface area (Å²) in [6.45, 7) is 8.54. The van der Waals surface area contributed by atoms with Crippen LogP contribution in [0.3, 0.4) is 0 Å². The summed E-state index contributed by atoms with van der Waals surface area (Å²) in [4.78, 5) is 34.7. The highest BCUT2D eigenvalue weighted by Gasteiger charge is 2.16. The fourth-order valence-corrected chi connectivity index (χ4v) is 3.76. The number of likely N-dealkylation sites (N-methyl/N-ethyl adjacent to an activating group) is 1. The van der Waals surface area contributed by atoms with Crippen LogP contribution in [-0.4, -0.2) is 59.5 Å². The molecule has 3 rings (SSSR count). The molecule has 7 heteroatoms. The molecule has 0 unspecified atom stereocenters. The summed E-state index contributed by atoms with van der Waals surface area (Å²) in [5.74, 6) is -0.0439. The van der Waals surface area contributed by atoms with E-state index in [4.69, 9.17) is 4.84 Å². The van der Waals surface area contributed by atoms with Gasteiger partial charge in [0.2, 0.25) is 6.41 Å². The van der Waals surface area contributed by atoms with Crippen molar-refractivity contribution >= 4 is 23.2 Å². The molecule has 2 amide bonds. The Labute approximate surface area is 202 Å². The van der Waals surface area contributed by atoms with E-state index in [2.05, 4.69) is 34.4 Å². The first-order valence-electron chi connectivity index (χ1n) is 11.8. The average molecular weight is 465 g/mol. The number of fused-ring (bicyclic) bond motifs is 1. The second-order valence-electron chi connectivity index (χ2n) is 9.64. The van der Waals surface area contributed by atoms with Crippen molar-refractivity contribution in [3.05, 3.63) is 71.4 Å². The predicted octanol–water partition coefficient (Wildman–Crippen LogP) is 4.15. The first-order valence-corrected chi connectivity index (χ1v) is 11.8. The molecule has 0 saturated heterocycles. The molecule has 1 aromatic heterocycles. The summed E-state index contributed by atoms with van der Waals surface area (Å²) in [6, 6.07) is 16.0. The van der Waals surface area contributed by atoms with E-state index in [0.717, 1.165) is 48.8 Å². The summed E-state index contributed by atoms with van der Waals surface area (Å²) in [5, 5.41) is 5.38. The van der Waals surface area contributed by atoms with Crippen molar-refractivity contribution < 1.29 is 14.4 Å². The largest absolute Gasteiger partial charge is 0.361 e. The van der Waals surface area contributed by atoms with E-state index in [9.17, 15) is 9.59 Å². The quantitative estimate of drug-likeness (QED) is 0.312. The van der Waals surface area contributed by atoms with Crippen LogP contribution in [0.15, 0.2) is 54.7 Å². The van der Waals surface area contributed by atoms with Gasteiger partial charge in [0.05, 0.1) is 12.1 Å². The van der Waals surface area contributed by atoms with Crippen molar-refractivity contribution in [2.75, 3.05) is 26.7 Å². The number of hydrogen-bond acceptors (Lipinski definition) is 4. The van der Waals surface area contributed by atoms with Crippen LogP contribution in [0.2, 0.25) is 0 Å². The molecule has 0 aliphatic rings. The molecule has 0 aliphatic carbocycles. The van der Waals surface area contributed by atoms with Gasteiger partial charge in [-0.25, -0.2) is 5.06 Å². The van der Waals surface area contributed by atoms with Gasteiger partial charge in [-0.3, -0.25) is 14.4 Å². The van der Waals surface area contributed by atoms with Crippen molar-refractivity contribution in [2.24, 2.45) is 0 Å². The first kappa shape index (κ1) is 25.5. The second kappa shape index (κ2) is 11.8. The topological polar surface area (TPSA) is 77.7 Å². The van der Waals surface area contributed by atoms with Crippen molar-refractivity contribution in [3.63, 3.8) is 0 Å². The van der Waals surface area contributed by atoms with Gasteiger partial charge in [-0.2, -0.15) is 0 Å². The van der Waals surface area contributed by atoms with Crippen LogP contribution < -0.4 is 5.32 Å². The SMILES string of the molecule is CN(CCCc1ccc(CN(C=O)OC(C)(C)C)cc1)CCNC(=O)c1ccc2[nH]ccc2c1. The minimum absolute atomic E-state index is 0.0439. The molecule has 0 spiro atoms. The maximum Gasteiger partial charge on any atom is 0.251 e. The summed E-state index contributed by atoms with van der Waals surface area (Å²) in [7, 11) is 2.07. The molecule has 34 heavy (non-hydrogen) atoms. The van der Waals surface area contributed by atoms with E-state index < -0.39 is 5.60 Å². The van der Waals surface area contributed by atoms with Crippen molar-refractivity contribution in [3.8, 4) is 0 Å². The Morgan fingerprint density at radius 2 is 1.79 bits per heavy atom. The minimum atomic E-state index is -0.410. The molecule has 0 aliphatic heterocycles. The summed E-state index contributed by atoms with van der Waals surface area (Å²) in [5.41, 5.74) is 3.60. The molecule has 0 fully saturated rings. The van der Waals surface area contributed by atoms with Gasteiger partial charge in [-0.1, -0.05) is 24.3 Å². The van der Waals surface area contributed by atoms with E-state index in [1.54, 1.807) is 0 Å². The number of aryl methyl sites for hydroxylation is 1. The lowest BCUT2D eigenvalue weighted by atomic mass is 10.1. The molecule has 0 atom stereocenters. The number of hydroxylamine groups is 2. The number of carbonyl (C=O) groups is 2. The summed E-state index contributed by atoms with van der Waals surface area (Å²) in [6.07, 6.45) is 4.60. The number of rotatable bonds is 12. The Hall–Kier alpha value is -3.16. The fourth-order valence-electron chi connectivity index (χ4n) is 3.76. The smallest absolute Gasteiger partial charge is 0.251 e. The van der Waals surface area contributed by atoms with Gasteiger partial charge in [0, 0.05) is 35.8 Å². The number of H-pyrrole nitrogens is 1. The van der Waals surface area contributed by atoms with Gasteiger partial charge in [0.1, 0.15) is 0 Å². The number of carbonyl (C=O) groups excluding carboxylic acids is 2. The van der Waals surface area contributed by atoms with Crippen molar-refractivity contribution in [2.45, 2.75) is 45.8 Å². The summed E-state index contributed by atoms with van der Waals surface area (Å²) < 4.78 is 0. The lowest BCUT2D eigenvalue weighted by Crippen LogP contribution is -2.33. The third kappa shape index (κ3) is 8.01. The number of aromatic nitrogens is 1. The average Bonchev–Trinajstić information content (AvgIpc) is 3.26. The molecule has 7 nitrogen and oxygen atoms in total. The second-order valence-corrected chi connectivity index (χ2v) is 9.64. The van der Waals surface area contributed by atoms with Crippen molar-refractivity contribution in [1.82, 2.24) is 20.3 Å². The molecule has 2 N–H and O–H groups in total. The monoisotopic (exact) mass is 464 g/mol. The highest BCUT2D eigenvalue weighted by Crippen LogP contribution is 2.15. The van der Waals surface area contributed by atoms with E-state index in [1.807, 2.05) is 63.4 Å². The molecular formula is C27H36N4O3. The first-order chi connectivity index (χ1) is 16.2. The van der Waals surface area contributed by atoms with E-state index >= 15 is 0 Å². The maximum atomic E-state index is 12.4. The highest BCUT2D eigenvalue weighted by atomic mass is 16.7. The third-order valence-corrected chi connectivity index (χ3v) is 5.47. The van der Waals surface area contributed by atoms with Gasteiger partial charge >= 0.3 is 0 Å². The Kier molecular flexibility index (Phi) is 8.85. The zero-order valence-electron chi connectivity index (χ0n) is 20.6. The molecule has 0 radical (unpaired) electrons. The standard InChI is InChI=1S/C27H36N4O3/c1-27(2,3)34-31(20-32)19-22-9-7-21(8-10-22)6-5-16-30(4)17-15-29-26(33)24-11-12-25-23(18-24)13-14-28-25/h7-14,18,20,28H,5-6,15-17,19H2,1-4H3,(H,29,33). The van der Waals surface area contributed by atoms with E-state index in [-0.39, 0.29) is 5.91 Å². The lowest BCUT2D eigenvalue weighted by Gasteiger charge is -2.26. The van der Waals surface area contributed by atoms with Gasteiger partial charge in [-0.15, -0.1) is 0 Å². The predicted molar refractivity (Wildman–Crippen MR) is 135 cm³/mol. The van der Waals surface area contributed by atoms with Crippen LogP contribution in [-0.2, 0) is 22.6 Å². The van der Waals surface area contributed by atoms with Crippen molar-refractivity contribution in [1.29, 1.82) is 0 Å². The number of hydrogen-bond donors (Lipinski definition) is 2. The molecule has 182 valence electrons. The van der Waals surface area contributed by atoms with Crippen LogP contribution in [0.5, 0.6) is 0 Å². The van der Waals surface area contributed by atoms with Gasteiger partial charge < -0.3 is 15.2 Å². The molecule has 3 aromatic rings. The normalized spacial score (nSPS) is 11.7. The van der Waals surface area contributed by atoms with Gasteiger partial charge in [0.25, 0.3) is 5.91 Å². The number of aromatic amines is 1. The molecular weight excluding hydrogens is 428 g/mol. The van der Waals surface area contributed by atoms with E-state index in [0.29, 0.717) is 18.7 Å². The fraction of sp³-hybridized carbons (Fsp3) is 0.407. The molecule has 1 heterocycles. The van der Waals surface area contributed by atoms with Crippen LogP contribution >= 0.6 is 0 Å². The van der Waals surface area contributed by atoms with Crippen LogP contribution in [0.25, 0.3) is 10.9 Å². The molecule has 0 saturated carbocycles. The Morgan fingerprint density at radius 1 is 1.06 bits per heavy atom. The van der Waals surface area contributed by atoms with Gasteiger partial charge in [0.15, 0.2) is 0 Å². The zero-order valence-corrected chi connectivity index (χ0v) is 20.6. The van der Waals surface area contributed by atoms with Crippen LogP contribution in [0, 0.1) is 0 Å². The highest BCUT2D eigenvalue weighted by molar-refractivity contribution is 5.98. The minimum Gasteiger partial charge on any atom is -0.361 e. The van der Waals surface area contributed by atoms with E-state index in [1.165, 1.54) is 10.6 Å². The Balaban J connectivity index is 1.34. The zero-order chi connectivity index (χ0) is 24.6. The maximum absolute atomic E-state index is 12.4. The number of nitrogens with zero attached hydrogens (tertiary/aromatic N) is 2. The van der Waals surface area contributed by atoms with Crippen LogP contribution in [0.1, 0.15) is 48.7 Å². The Morgan fingerprint density at radius 3 is 2.50 bits per heavy atom. The third-order valence-electron chi connectivity index (χ3n) is 5.47. The van der Waals surface area contributed by atoms with Gasteiger partial charge in [-0.05, 0) is 82.6 Å². The Bertz CT molecular complexity index is 1070. The molecule has 2 aromatic carbocycles.